The lowest BCUT2D eigenvalue weighted by molar-refractivity contribution is -0.146. The Hall–Kier alpha value is -1.54. The normalized spacial score (nSPS) is 16.1. The number of ether oxygens (including phenoxy) is 1. The minimum atomic E-state index is -0.952. The zero-order valence-electron chi connectivity index (χ0n) is 11.1. The summed E-state index contributed by atoms with van der Waals surface area (Å²) in [6, 6.07) is 0. The molecule has 1 N–H and O–H groups in total. The number of nitrogens with zero attached hydrogens (tertiary/aromatic N) is 1. The number of carbonyl (C=O) groups excluding carboxylic acids is 1. The maximum Gasteiger partial charge on any atom is 0.329 e. The number of carbonyl (C=O) groups is 2. The average molecular weight is 267 g/mol. The highest BCUT2D eigenvalue weighted by molar-refractivity contribution is 5.76. The van der Waals surface area contributed by atoms with Crippen LogP contribution < -0.4 is 0 Å². The summed E-state index contributed by atoms with van der Waals surface area (Å²) in [5.74, 6) is 1.77. The van der Waals surface area contributed by atoms with Crippen LogP contribution in [0.5, 0.6) is 0 Å². The lowest BCUT2D eigenvalue weighted by atomic mass is 10.1. The lowest BCUT2D eigenvalue weighted by Crippen LogP contribution is -2.41. The minimum Gasteiger partial charge on any atom is -0.480 e. The van der Waals surface area contributed by atoms with Gasteiger partial charge in [0.25, 0.3) is 0 Å². The topological polar surface area (TPSA) is 66.8 Å². The Labute approximate surface area is 113 Å². The Morgan fingerprint density at radius 2 is 2.00 bits per heavy atom. The quantitative estimate of drug-likeness (QED) is 0.557. The second-order valence-electron chi connectivity index (χ2n) is 4.70. The van der Waals surface area contributed by atoms with Crippen LogP contribution in [-0.4, -0.2) is 47.7 Å². The number of carboxylic acid groups (broad SMARTS) is 1. The SMILES string of the molecule is C#CCCCCC(=O)N1CCC(OCC(=O)O)CC1. The fourth-order valence-electron chi connectivity index (χ4n) is 2.12. The van der Waals surface area contributed by atoms with Crippen molar-refractivity contribution in [3.8, 4) is 12.3 Å². The van der Waals surface area contributed by atoms with E-state index in [2.05, 4.69) is 5.92 Å². The molecule has 0 atom stereocenters. The van der Waals surface area contributed by atoms with Gasteiger partial charge in [0.1, 0.15) is 6.61 Å². The molecule has 1 aliphatic rings. The number of unbranched alkanes of at least 4 members (excludes halogenated alkanes) is 2. The van der Waals surface area contributed by atoms with Crippen molar-refractivity contribution in [3.63, 3.8) is 0 Å². The van der Waals surface area contributed by atoms with Gasteiger partial charge in [-0.3, -0.25) is 4.79 Å². The van der Waals surface area contributed by atoms with Crippen molar-refractivity contribution in [1.29, 1.82) is 0 Å². The molecule has 1 fully saturated rings. The number of likely N-dealkylation sites (tertiary alicyclic amines) is 1. The number of amides is 1. The van der Waals surface area contributed by atoms with E-state index in [9.17, 15) is 9.59 Å². The first-order valence-electron chi connectivity index (χ1n) is 6.68. The van der Waals surface area contributed by atoms with Crippen molar-refractivity contribution < 1.29 is 19.4 Å². The van der Waals surface area contributed by atoms with Gasteiger partial charge < -0.3 is 14.7 Å². The summed E-state index contributed by atoms with van der Waals surface area (Å²) in [5.41, 5.74) is 0. The summed E-state index contributed by atoms with van der Waals surface area (Å²) in [4.78, 5) is 24.1. The van der Waals surface area contributed by atoms with Crippen LogP contribution in [0.2, 0.25) is 0 Å². The number of terminal acetylenes is 1. The van der Waals surface area contributed by atoms with E-state index in [-0.39, 0.29) is 18.6 Å². The fourth-order valence-corrected chi connectivity index (χ4v) is 2.12. The molecule has 5 heteroatoms. The number of hydrogen-bond acceptors (Lipinski definition) is 3. The number of piperidine rings is 1. The average Bonchev–Trinajstić information content (AvgIpc) is 2.41. The van der Waals surface area contributed by atoms with Crippen molar-refractivity contribution in [2.75, 3.05) is 19.7 Å². The number of rotatable bonds is 7. The second-order valence-corrected chi connectivity index (χ2v) is 4.70. The fraction of sp³-hybridized carbons (Fsp3) is 0.714. The van der Waals surface area contributed by atoms with Gasteiger partial charge in [-0.2, -0.15) is 0 Å². The molecule has 0 saturated carbocycles. The second kappa shape index (κ2) is 8.54. The van der Waals surface area contributed by atoms with Gasteiger partial charge in [-0.05, 0) is 25.7 Å². The predicted molar refractivity (Wildman–Crippen MR) is 70.5 cm³/mol. The van der Waals surface area contributed by atoms with E-state index in [1.807, 2.05) is 4.90 Å². The van der Waals surface area contributed by atoms with Crippen molar-refractivity contribution in [2.24, 2.45) is 0 Å². The number of carboxylic acids is 1. The maximum absolute atomic E-state index is 11.9. The molecule has 0 aromatic heterocycles. The van der Waals surface area contributed by atoms with Crippen LogP contribution in [0.3, 0.4) is 0 Å². The third-order valence-electron chi connectivity index (χ3n) is 3.20. The number of hydrogen-bond donors (Lipinski definition) is 1. The summed E-state index contributed by atoms with van der Waals surface area (Å²) in [6.07, 6.45) is 9.52. The van der Waals surface area contributed by atoms with E-state index in [4.69, 9.17) is 16.3 Å². The Kier molecular flexibility index (Phi) is 6.98. The van der Waals surface area contributed by atoms with Crippen LogP contribution in [-0.2, 0) is 14.3 Å². The molecule has 0 bridgehead atoms. The molecule has 1 heterocycles. The molecule has 106 valence electrons. The minimum absolute atomic E-state index is 0.0402. The van der Waals surface area contributed by atoms with Crippen molar-refractivity contribution in [3.05, 3.63) is 0 Å². The largest absolute Gasteiger partial charge is 0.480 e. The molecule has 0 aromatic carbocycles. The molecule has 1 aliphatic heterocycles. The van der Waals surface area contributed by atoms with Crippen LogP contribution >= 0.6 is 0 Å². The van der Waals surface area contributed by atoms with Gasteiger partial charge in [0, 0.05) is 25.9 Å². The van der Waals surface area contributed by atoms with Crippen LogP contribution in [0.25, 0.3) is 0 Å². The van der Waals surface area contributed by atoms with E-state index in [1.54, 1.807) is 0 Å². The first kappa shape index (κ1) is 15.5. The number of aliphatic carboxylic acids is 1. The summed E-state index contributed by atoms with van der Waals surface area (Å²) in [6.45, 7) is 1.04. The first-order chi connectivity index (χ1) is 9.13. The van der Waals surface area contributed by atoms with E-state index in [0.29, 0.717) is 32.4 Å². The standard InChI is InChI=1S/C14H21NO4/c1-2-3-4-5-6-13(16)15-9-7-12(8-10-15)19-11-14(17)18/h1,12H,3-11H2,(H,17,18). The third-order valence-corrected chi connectivity index (χ3v) is 3.20. The smallest absolute Gasteiger partial charge is 0.329 e. The summed E-state index contributed by atoms with van der Waals surface area (Å²) in [7, 11) is 0. The van der Waals surface area contributed by atoms with Gasteiger partial charge in [-0.1, -0.05) is 0 Å². The van der Waals surface area contributed by atoms with E-state index >= 15 is 0 Å². The molecule has 0 spiro atoms. The van der Waals surface area contributed by atoms with Gasteiger partial charge in [0.2, 0.25) is 5.91 Å². The highest BCUT2D eigenvalue weighted by Gasteiger charge is 2.23. The zero-order chi connectivity index (χ0) is 14.1. The monoisotopic (exact) mass is 267 g/mol. The lowest BCUT2D eigenvalue weighted by Gasteiger charge is -2.31. The van der Waals surface area contributed by atoms with Crippen LogP contribution in [0.15, 0.2) is 0 Å². The van der Waals surface area contributed by atoms with Crippen LogP contribution in [0, 0.1) is 12.3 Å². The van der Waals surface area contributed by atoms with Gasteiger partial charge in [-0.15, -0.1) is 12.3 Å². The third kappa shape index (κ3) is 6.25. The molecule has 5 nitrogen and oxygen atoms in total. The molecular formula is C14H21NO4. The summed E-state index contributed by atoms with van der Waals surface area (Å²) >= 11 is 0. The molecular weight excluding hydrogens is 246 g/mol. The van der Waals surface area contributed by atoms with Crippen molar-refractivity contribution in [2.45, 2.75) is 44.6 Å². The Balaban J connectivity index is 2.16. The van der Waals surface area contributed by atoms with Crippen molar-refractivity contribution >= 4 is 11.9 Å². The van der Waals surface area contributed by atoms with E-state index < -0.39 is 5.97 Å². The highest BCUT2D eigenvalue weighted by Crippen LogP contribution is 2.15. The van der Waals surface area contributed by atoms with Gasteiger partial charge in [0.15, 0.2) is 0 Å². The molecule has 0 aliphatic carbocycles. The highest BCUT2D eigenvalue weighted by atomic mass is 16.5. The molecule has 0 unspecified atom stereocenters. The molecule has 1 saturated heterocycles. The summed E-state index contributed by atoms with van der Waals surface area (Å²) < 4.78 is 5.23. The van der Waals surface area contributed by atoms with E-state index in [1.165, 1.54) is 0 Å². The van der Waals surface area contributed by atoms with Gasteiger partial charge >= 0.3 is 5.97 Å². The van der Waals surface area contributed by atoms with Gasteiger partial charge in [0.05, 0.1) is 6.10 Å². The van der Waals surface area contributed by atoms with E-state index in [0.717, 1.165) is 19.3 Å². The first-order valence-corrected chi connectivity index (χ1v) is 6.68. The molecule has 19 heavy (non-hydrogen) atoms. The van der Waals surface area contributed by atoms with Crippen molar-refractivity contribution in [1.82, 2.24) is 4.90 Å². The predicted octanol–water partition coefficient (Wildman–Crippen LogP) is 1.27. The Morgan fingerprint density at radius 3 is 2.58 bits per heavy atom. The van der Waals surface area contributed by atoms with Crippen LogP contribution in [0.4, 0.5) is 0 Å². The molecule has 1 rings (SSSR count). The molecule has 0 radical (unpaired) electrons. The van der Waals surface area contributed by atoms with Gasteiger partial charge in [-0.25, -0.2) is 4.79 Å². The molecule has 0 aromatic rings. The molecule has 1 amide bonds. The zero-order valence-corrected chi connectivity index (χ0v) is 11.1. The summed E-state index contributed by atoms with van der Waals surface area (Å²) in [5, 5.41) is 8.52. The Morgan fingerprint density at radius 1 is 1.32 bits per heavy atom. The maximum atomic E-state index is 11.9. The Bertz CT molecular complexity index is 340. The van der Waals surface area contributed by atoms with Crippen LogP contribution in [0.1, 0.15) is 38.5 Å².